The van der Waals surface area contributed by atoms with Gasteiger partial charge in [0, 0.05) is 134 Å². The number of anilines is 2. The van der Waals surface area contributed by atoms with E-state index in [1.54, 1.807) is 0 Å². The summed E-state index contributed by atoms with van der Waals surface area (Å²) in [4.78, 5) is 19.0. The van der Waals surface area contributed by atoms with Crippen molar-refractivity contribution in [2.45, 2.75) is 160 Å². The Morgan fingerprint density at radius 1 is 0.360 bits per heavy atom. The monoisotopic (exact) mass is 1690 g/mol. The van der Waals surface area contributed by atoms with E-state index in [0.29, 0.717) is 0 Å². The number of ether oxygens (including phenoxy) is 2. The van der Waals surface area contributed by atoms with E-state index < -0.39 is 32.9 Å². The van der Waals surface area contributed by atoms with Gasteiger partial charge in [-0.3, -0.25) is 20.0 Å². The van der Waals surface area contributed by atoms with Gasteiger partial charge < -0.3 is 61.9 Å². The Labute approximate surface area is 570 Å². The number of hydrogen-bond acceptors (Lipinski definition) is 8. The number of hydrogen-bond donors (Lipinski definition) is 2. The number of para-hydroxylation sites is 8. The second-order valence-corrected chi connectivity index (χ2v) is 43.4. The molecule has 0 radical (unpaired) electrons. The van der Waals surface area contributed by atoms with Gasteiger partial charge in [-0.1, -0.05) is 198 Å². The van der Waals surface area contributed by atoms with E-state index in [2.05, 4.69) is 89.2 Å². The Balaban J connectivity index is -0.000000518. The van der Waals surface area contributed by atoms with Crippen LogP contribution in [0.5, 0.6) is 0 Å². The second kappa shape index (κ2) is 44.8. The molecule has 22 heteroatoms. The van der Waals surface area contributed by atoms with Crippen LogP contribution in [0.4, 0.5) is 45.5 Å². The maximum atomic E-state index is 4.94. The van der Waals surface area contributed by atoms with E-state index in [0.717, 1.165) is 118 Å². The molecule has 4 heterocycles. The number of aliphatic imine (C=N–C) groups is 4. The molecule has 4 aliphatic rings. The van der Waals surface area contributed by atoms with Crippen LogP contribution in [0.3, 0.4) is 0 Å². The van der Waals surface area contributed by atoms with E-state index in [-0.39, 0.29) is 84.1 Å². The third-order valence-electron chi connectivity index (χ3n) is 10.7. The van der Waals surface area contributed by atoms with Crippen LogP contribution in [0.15, 0.2) is 164 Å². The molecule has 4 aliphatic heterocycles. The third-order valence-corrected chi connectivity index (χ3v) is 21.4. The summed E-state index contributed by atoms with van der Waals surface area (Å²) < 4.78 is 19.5. The Morgan fingerprint density at radius 2 is 0.605 bits per heavy atom. The molecule has 2 N–H and O–H groups in total. The fourth-order valence-corrected chi connectivity index (χ4v) is 24.9. The average molecular weight is 1690 g/mol. The number of nitrogens with one attached hydrogen (secondary N) is 2. The van der Waals surface area contributed by atoms with Crippen molar-refractivity contribution >= 4 is 101 Å². The minimum Gasteiger partial charge on any atom is -2.00 e. The Morgan fingerprint density at radius 3 is 0.860 bits per heavy atom. The molecule has 2 fully saturated rings. The average Bonchev–Trinajstić information content (AvgIpc) is 4.11. The first-order chi connectivity index (χ1) is 37.4. The molecule has 476 valence electrons. The van der Waals surface area contributed by atoms with Crippen molar-refractivity contribution in [1.29, 1.82) is 0 Å². The van der Waals surface area contributed by atoms with Gasteiger partial charge in [0.25, 0.3) is 0 Å². The van der Waals surface area contributed by atoms with Crippen LogP contribution in [0.2, 0.25) is 78.6 Å². The first-order valence-corrected chi connectivity index (χ1v) is 42.1. The van der Waals surface area contributed by atoms with Crippen molar-refractivity contribution in [2.24, 2.45) is 20.0 Å². The normalized spacial score (nSPS) is 17.2. The van der Waals surface area contributed by atoms with Crippen molar-refractivity contribution < 1.29 is 93.6 Å². The van der Waals surface area contributed by atoms with Crippen LogP contribution < -0.4 is 10.6 Å². The summed E-state index contributed by atoms with van der Waals surface area (Å²) in [6.45, 7) is 47.5. The molecule has 8 rings (SSSR count). The molecule has 2 saturated heterocycles. The van der Waals surface area contributed by atoms with Crippen LogP contribution in [0, 0.1) is 62.2 Å². The van der Waals surface area contributed by atoms with Crippen molar-refractivity contribution in [3.05, 3.63) is 164 Å². The predicted molar refractivity (Wildman–Crippen MR) is 368 cm³/mol. The summed E-state index contributed by atoms with van der Waals surface area (Å²) in [7, 11) is -4.42. The van der Waals surface area contributed by atoms with Crippen LogP contribution in [0.25, 0.3) is 19.9 Å². The van der Waals surface area contributed by atoms with Crippen molar-refractivity contribution in [3.63, 3.8) is 0 Å². The maximum Gasteiger partial charge on any atom is 0.0867 e. The SMILES string of the molecule is C1CCOC1.C1CCOC1.CC1=Nc2ccccc2[N-]/C(C)=C\C(C)=Nc2ccccc2N/C(C)=C\1.CC1=Nc2ccccc2[N-]/C(C)=C\C(C)=Nc2ccccc2N/C(C)=C\1.C[Si](C)(C)[N-][Si](C)(C)C.C[Si](C)(C)[N-][Si](C)(C)C.[O-2].[O-2].[O-2].[O-2].[U].[U]. The Bertz CT molecular complexity index is 2460. The smallest absolute Gasteiger partial charge is 0.0867 e. The minimum atomic E-state index is -1.11. The molecule has 4 aromatic rings. The van der Waals surface area contributed by atoms with Gasteiger partial charge in [-0.25, -0.2) is 0 Å². The Kier molecular flexibility index (Phi) is 46.2. The standard InChI is InChI=1S/2C22H23N4.2C6H18NSi2.2C4H8O.4O.2U/c2*1-15-13-16(2)24-21-11-7-8-12-22(21)26-18(4)14-17(3)25-20-10-6-5-9-19(20)23-15;2*1-8(2,3)7-9(4,5)6;2*1-2-4-5-3-1;;;;;;/h2*5-14,23H,1-4H3;2*1-6H3;2*1-4H2;;;;;;/q4*-1;;;4*-2;;/b2*15-13-,18-14-,24-16?,25-17?;;;;;;;;;;. The maximum absolute atomic E-state index is 4.94. The molecule has 0 saturated carbocycles. The van der Waals surface area contributed by atoms with Crippen molar-refractivity contribution in [1.82, 2.24) is 0 Å². The third kappa shape index (κ3) is 41.6. The number of rotatable bonds is 4. The van der Waals surface area contributed by atoms with Gasteiger partial charge >= 0.3 is 0 Å². The molecule has 0 unspecified atom stereocenters. The van der Waals surface area contributed by atoms with E-state index in [4.69, 9.17) is 49.4 Å². The summed E-state index contributed by atoms with van der Waals surface area (Å²) in [6.07, 6.45) is 13.1. The minimum absolute atomic E-state index is 0. The van der Waals surface area contributed by atoms with E-state index in [1.807, 2.05) is 177 Å². The van der Waals surface area contributed by atoms with Gasteiger partial charge in [-0.2, -0.15) is 11.4 Å². The van der Waals surface area contributed by atoms with Crippen LogP contribution >= 0.6 is 0 Å². The first-order valence-electron chi connectivity index (χ1n) is 28.4. The van der Waals surface area contributed by atoms with Crippen LogP contribution in [-0.4, -0.2) is 82.2 Å². The zero-order valence-corrected chi connectivity index (χ0v) is 67.6. The number of nitrogens with zero attached hydrogens (tertiary/aromatic N) is 8. The van der Waals surface area contributed by atoms with Crippen molar-refractivity contribution in [2.75, 3.05) is 37.1 Å². The summed E-state index contributed by atoms with van der Waals surface area (Å²) in [5, 5.41) is 16.3. The largest absolute Gasteiger partial charge is 2.00 e. The molecule has 0 amide bonds. The van der Waals surface area contributed by atoms with Crippen LogP contribution in [-0.2, 0) is 31.4 Å². The molecule has 16 nitrogen and oxygen atoms in total. The second-order valence-electron chi connectivity index (χ2n) is 24.3. The zero-order valence-electron chi connectivity index (χ0n) is 55.2. The number of benzene rings is 4. The molecule has 0 aliphatic carbocycles. The Hall–Kier alpha value is -3.63. The molecule has 4 aromatic carbocycles. The van der Waals surface area contributed by atoms with Crippen molar-refractivity contribution in [3.8, 4) is 0 Å². The molecule has 0 atom stereocenters. The summed E-state index contributed by atoms with van der Waals surface area (Å²) >= 11 is 0. The summed E-state index contributed by atoms with van der Waals surface area (Å²) in [6, 6.07) is 31.9. The quantitative estimate of drug-likeness (QED) is 0.189. The molecular weight excluding hydrogens is 1590 g/mol. The zero-order chi connectivity index (χ0) is 59.5. The van der Waals surface area contributed by atoms with Gasteiger partial charge in [0.1, 0.15) is 0 Å². The van der Waals surface area contributed by atoms with E-state index in [9.17, 15) is 0 Å². The fourth-order valence-electron chi connectivity index (χ4n) is 8.76. The summed E-state index contributed by atoms with van der Waals surface area (Å²) in [5.41, 5.74) is 14.5. The van der Waals surface area contributed by atoms with Crippen LogP contribution in [0.1, 0.15) is 81.1 Å². The first kappa shape index (κ1) is 88.8. The number of allylic oxidation sites excluding steroid dienone is 8. The number of fused-ring (bicyclic) bond motifs is 4. The molecular formula is C64H98N10O6Si4U2-12. The summed E-state index contributed by atoms with van der Waals surface area (Å²) in [5.74, 6) is 0. The van der Waals surface area contributed by atoms with E-state index >= 15 is 0 Å². The molecule has 0 aromatic heterocycles. The van der Waals surface area contributed by atoms with E-state index in [1.165, 1.54) is 25.7 Å². The molecule has 86 heavy (non-hydrogen) atoms. The fraction of sp³-hybridized carbons (Fsp3) is 0.438. The predicted octanol–water partition coefficient (Wildman–Crippen LogP) is 20.8. The molecule has 0 spiro atoms. The van der Waals surface area contributed by atoms with Gasteiger partial charge in [0.05, 0.1) is 22.7 Å². The topological polar surface area (TPSA) is 262 Å². The molecule has 0 bridgehead atoms. The van der Waals surface area contributed by atoms with Gasteiger partial charge in [-0.05, 0) is 116 Å². The van der Waals surface area contributed by atoms with Gasteiger partial charge in [-0.15, -0.1) is 11.4 Å². The van der Waals surface area contributed by atoms with Gasteiger partial charge in [0.15, 0.2) is 0 Å². The van der Waals surface area contributed by atoms with Gasteiger partial charge in [0.2, 0.25) is 0 Å².